The lowest BCUT2D eigenvalue weighted by Gasteiger charge is -2.15. The van der Waals surface area contributed by atoms with Gasteiger partial charge in [0.25, 0.3) is 0 Å². The minimum atomic E-state index is 0.639. The fourth-order valence-electron chi connectivity index (χ4n) is 2.66. The quantitative estimate of drug-likeness (QED) is 0.764. The zero-order chi connectivity index (χ0) is 13.5. The van der Waals surface area contributed by atoms with E-state index in [9.17, 15) is 0 Å². The molecule has 106 valence electrons. The third-order valence-electron chi connectivity index (χ3n) is 3.69. The number of hydrogen-bond donors (Lipinski definition) is 1. The molecule has 1 N–H and O–H groups in total. The van der Waals surface area contributed by atoms with Gasteiger partial charge in [0.05, 0.1) is 19.8 Å². The first-order valence-electron chi connectivity index (χ1n) is 7.20. The van der Waals surface area contributed by atoms with Crippen LogP contribution < -0.4 is 5.32 Å². The summed E-state index contributed by atoms with van der Waals surface area (Å²) in [6.07, 6.45) is 3.92. The molecular weight excluding hydrogens is 238 g/mol. The average Bonchev–Trinajstić information content (AvgIpc) is 2.81. The van der Waals surface area contributed by atoms with Crippen molar-refractivity contribution in [3.63, 3.8) is 0 Å². The number of benzene rings is 1. The maximum atomic E-state index is 5.55. The number of rotatable bonds is 7. The van der Waals surface area contributed by atoms with Crippen molar-refractivity contribution in [1.29, 1.82) is 0 Å². The molecule has 0 bridgehead atoms. The van der Waals surface area contributed by atoms with E-state index < -0.39 is 0 Å². The van der Waals surface area contributed by atoms with Crippen LogP contribution in [-0.2, 0) is 16.1 Å². The van der Waals surface area contributed by atoms with Crippen molar-refractivity contribution in [2.45, 2.75) is 38.8 Å². The Labute approximate surface area is 116 Å². The molecule has 0 radical (unpaired) electrons. The van der Waals surface area contributed by atoms with E-state index in [2.05, 4.69) is 36.5 Å². The number of nitrogens with one attached hydrogen (secondary N) is 1. The summed E-state index contributed by atoms with van der Waals surface area (Å²) >= 11 is 0. The van der Waals surface area contributed by atoms with Gasteiger partial charge < -0.3 is 14.8 Å². The SMILES string of the molecule is COCCOCc1cccc(NC2CCC(C)C2)c1. The molecule has 3 nitrogen and oxygen atoms in total. The molecule has 0 heterocycles. The van der Waals surface area contributed by atoms with Crippen molar-refractivity contribution in [1.82, 2.24) is 0 Å². The minimum Gasteiger partial charge on any atom is -0.382 e. The predicted octanol–water partition coefficient (Wildman–Crippen LogP) is 3.45. The maximum Gasteiger partial charge on any atom is 0.0718 e. The molecule has 2 unspecified atom stereocenters. The van der Waals surface area contributed by atoms with Gasteiger partial charge in [-0.15, -0.1) is 0 Å². The van der Waals surface area contributed by atoms with Gasteiger partial charge in [-0.3, -0.25) is 0 Å². The van der Waals surface area contributed by atoms with Crippen molar-refractivity contribution in [3.8, 4) is 0 Å². The van der Waals surface area contributed by atoms with E-state index in [1.807, 2.05) is 0 Å². The molecule has 1 aliphatic carbocycles. The molecule has 2 rings (SSSR count). The van der Waals surface area contributed by atoms with Gasteiger partial charge in [0.1, 0.15) is 0 Å². The Morgan fingerprint density at radius 2 is 2.16 bits per heavy atom. The molecule has 0 aromatic heterocycles. The zero-order valence-corrected chi connectivity index (χ0v) is 12.0. The predicted molar refractivity (Wildman–Crippen MR) is 78.4 cm³/mol. The van der Waals surface area contributed by atoms with E-state index in [0.717, 1.165) is 5.92 Å². The van der Waals surface area contributed by atoms with Crippen molar-refractivity contribution in [2.24, 2.45) is 5.92 Å². The lowest BCUT2D eigenvalue weighted by molar-refractivity contribution is 0.0617. The summed E-state index contributed by atoms with van der Waals surface area (Å²) in [6.45, 7) is 4.29. The minimum absolute atomic E-state index is 0.639. The molecule has 2 atom stereocenters. The van der Waals surface area contributed by atoms with E-state index in [0.29, 0.717) is 25.9 Å². The monoisotopic (exact) mass is 263 g/mol. The highest BCUT2D eigenvalue weighted by Crippen LogP contribution is 2.27. The highest BCUT2D eigenvalue weighted by atomic mass is 16.5. The van der Waals surface area contributed by atoms with Crippen molar-refractivity contribution >= 4 is 5.69 Å². The molecule has 1 saturated carbocycles. The number of methoxy groups -OCH3 is 1. The first-order valence-corrected chi connectivity index (χ1v) is 7.20. The maximum absolute atomic E-state index is 5.55. The normalized spacial score (nSPS) is 22.6. The Morgan fingerprint density at radius 1 is 1.26 bits per heavy atom. The van der Waals surface area contributed by atoms with Crippen molar-refractivity contribution in [2.75, 3.05) is 25.6 Å². The highest BCUT2D eigenvalue weighted by molar-refractivity contribution is 5.46. The van der Waals surface area contributed by atoms with Gasteiger partial charge in [0.2, 0.25) is 0 Å². The van der Waals surface area contributed by atoms with Gasteiger partial charge in [-0.2, -0.15) is 0 Å². The van der Waals surface area contributed by atoms with Crippen LogP contribution in [-0.4, -0.2) is 26.4 Å². The third kappa shape index (κ3) is 4.84. The molecule has 0 saturated heterocycles. The second kappa shape index (κ2) is 7.51. The topological polar surface area (TPSA) is 30.5 Å². The molecule has 19 heavy (non-hydrogen) atoms. The Hall–Kier alpha value is -1.06. The van der Waals surface area contributed by atoms with Crippen molar-refractivity contribution in [3.05, 3.63) is 29.8 Å². The van der Waals surface area contributed by atoms with Gasteiger partial charge in [0.15, 0.2) is 0 Å². The fraction of sp³-hybridized carbons (Fsp3) is 0.625. The number of hydrogen-bond acceptors (Lipinski definition) is 3. The Kier molecular flexibility index (Phi) is 5.67. The fourth-order valence-corrected chi connectivity index (χ4v) is 2.66. The average molecular weight is 263 g/mol. The second-order valence-electron chi connectivity index (χ2n) is 5.51. The highest BCUT2D eigenvalue weighted by Gasteiger charge is 2.20. The van der Waals surface area contributed by atoms with Gasteiger partial charge in [-0.25, -0.2) is 0 Å². The lowest BCUT2D eigenvalue weighted by Crippen LogP contribution is -2.15. The zero-order valence-electron chi connectivity index (χ0n) is 12.0. The summed E-state index contributed by atoms with van der Waals surface area (Å²) < 4.78 is 10.5. The van der Waals surface area contributed by atoms with Gasteiger partial charge in [-0.05, 0) is 42.9 Å². The Bertz CT molecular complexity index is 381. The smallest absolute Gasteiger partial charge is 0.0718 e. The van der Waals surface area contributed by atoms with Crippen LogP contribution >= 0.6 is 0 Å². The van der Waals surface area contributed by atoms with Crippen LogP contribution in [0.25, 0.3) is 0 Å². The largest absolute Gasteiger partial charge is 0.382 e. The van der Waals surface area contributed by atoms with E-state index in [1.165, 1.54) is 30.5 Å². The molecule has 1 aliphatic rings. The van der Waals surface area contributed by atoms with E-state index in [4.69, 9.17) is 9.47 Å². The second-order valence-corrected chi connectivity index (χ2v) is 5.51. The van der Waals surface area contributed by atoms with E-state index >= 15 is 0 Å². The molecule has 1 fully saturated rings. The summed E-state index contributed by atoms with van der Waals surface area (Å²) in [4.78, 5) is 0. The van der Waals surface area contributed by atoms with Crippen LogP contribution in [0.1, 0.15) is 31.7 Å². The van der Waals surface area contributed by atoms with Gasteiger partial charge in [-0.1, -0.05) is 19.1 Å². The van der Waals surface area contributed by atoms with Crippen LogP contribution in [0.2, 0.25) is 0 Å². The van der Waals surface area contributed by atoms with Crippen LogP contribution in [0.5, 0.6) is 0 Å². The number of anilines is 1. The molecule has 3 heteroatoms. The summed E-state index contributed by atoms with van der Waals surface area (Å²) in [6, 6.07) is 9.17. The van der Waals surface area contributed by atoms with E-state index in [-0.39, 0.29) is 0 Å². The summed E-state index contributed by atoms with van der Waals surface area (Å²) in [5, 5.41) is 3.63. The standard InChI is InChI=1S/C16H25NO2/c1-13-6-7-16(10-13)17-15-5-3-4-14(11-15)12-19-9-8-18-2/h3-5,11,13,16-17H,6-10,12H2,1-2H3. The molecular formula is C16H25NO2. The summed E-state index contributed by atoms with van der Waals surface area (Å²) in [7, 11) is 1.69. The summed E-state index contributed by atoms with van der Waals surface area (Å²) in [5.41, 5.74) is 2.43. The van der Waals surface area contributed by atoms with Crippen LogP contribution in [0.15, 0.2) is 24.3 Å². The molecule has 1 aromatic rings. The van der Waals surface area contributed by atoms with Gasteiger partial charge >= 0.3 is 0 Å². The molecule has 0 amide bonds. The van der Waals surface area contributed by atoms with Crippen LogP contribution in [0.3, 0.4) is 0 Å². The Balaban J connectivity index is 1.81. The van der Waals surface area contributed by atoms with Crippen LogP contribution in [0, 0.1) is 5.92 Å². The third-order valence-corrected chi connectivity index (χ3v) is 3.69. The molecule has 0 aliphatic heterocycles. The number of ether oxygens (including phenoxy) is 2. The first-order chi connectivity index (χ1) is 9.28. The lowest BCUT2D eigenvalue weighted by atomic mass is 10.1. The summed E-state index contributed by atoms with van der Waals surface area (Å²) in [5.74, 6) is 0.859. The van der Waals surface area contributed by atoms with Gasteiger partial charge in [0, 0.05) is 18.8 Å². The van der Waals surface area contributed by atoms with Crippen LogP contribution in [0.4, 0.5) is 5.69 Å². The molecule has 0 spiro atoms. The van der Waals surface area contributed by atoms with Crippen molar-refractivity contribution < 1.29 is 9.47 Å². The first kappa shape index (κ1) is 14.4. The molecule has 1 aromatic carbocycles. The van der Waals surface area contributed by atoms with E-state index in [1.54, 1.807) is 7.11 Å². The Morgan fingerprint density at radius 3 is 2.89 bits per heavy atom.